The topological polar surface area (TPSA) is 21.7 Å². The standard InChI is InChI=1S/C17H25NO2S/c1-2-3-4-7-12-20-16-9-6-5-8-15(16)17(21)18-10-13-19-14-11-18/h5-6,8-9H,2-4,7,10-14H2,1H3. The third-order valence-corrected chi connectivity index (χ3v) is 4.15. The van der Waals surface area contributed by atoms with Crippen LogP contribution in [-0.2, 0) is 4.74 Å². The predicted molar refractivity (Wildman–Crippen MR) is 90.2 cm³/mol. The Kier molecular flexibility index (Phi) is 6.96. The van der Waals surface area contributed by atoms with E-state index in [1.165, 1.54) is 19.3 Å². The summed E-state index contributed by atoms with van der Waals surface area (Å²) in [4.78, 5) is 3.08. The van der Waals surface area contributed by atoms with Crippen molar-refractivity contribution in [3.05, 3.63) is 29.8 Å². The first-order valence-electron chi connectivity index (χ1n) is 7.91. The van der Waals surface area contributed by atoms with Gasteiger partial charge in [0.25, 0.3) is 0 Å². The fourth-order valence-electron chi connectivity index (χ4n) is 2.42. The van der Waals surface area contributed by atoms with E-state index >= 15 is 0 Å². The lowest BCUT2D eigenvalue weighted by molar-refractivity contribution is 0.0692. The highest BCUT2D eigenvalue weighted by atomic mass is 32.1. The molecule has 1 fully saturated rings. The van der Waals surface area contributed by atoms with Crippen molar-refractivity contribution in [3.63, 3.8) is 0 Å². The van der Waals surface area contributed by atoms with E-state index in [4.69, 9.17) is 21.7 Å². The summed E-state index contributed by atoms with van der Waals surface area (Å²) in [5.74, 6) is 0.908. The molecule has 0 saturated carbocycles. The number of unbranched alkanes of at least 4 members (excludes halogenated alkanes) is 3. The minimum atomic E-state index is 0.750. The molecule has 0 aromatic heterocycles. The molecule has 0 aliphatic carbocycles. The monoisotopic (exact) mass is 307 g/mol. The molecule has 1 aliphatic rings. The highest BCUT2D eigenvalue weighted by Gasteiger charge is 2.17. The van der Waals surface area contributed by atoms with Crippen molar-refractivity contribution >= 4 is 17.2 Å². The number of ether oxygens (including phenoxy) is 2. The molecule has 2 rings (SSSR count). The average Bonchev–Trinajstić information content (AvgIpc) is 2.55. The number of nitrogens with zero attached hydrogens (tertiary/aromatic N) is 1. The fraction of sp³-hybridized carbons (Fsp3) is 0.588. The lowest BCUT2D eigenvalue weighted by Crippen LogP contribution is -2.40. The minimum Gasteiger partial charge on any atom is -0.493 e. The van der Waals surface area contributed by atoms with E-state index in [0.717, 1.165) is 55.6 Å². The number of rotatable bonds is 7. The van der Waals surface area contributed by atoms with E-state index in [0.29, 0.717) is 0 Å². The average molecular weight is 307 g/mol. The van der Waals surface area contributed by atoms with Crippen molar-refractivity contribution in [1.82, 2.24) is 4.90 Å². The van der Waals surface area contributed by atoms with Crippen LogP contribution in [-0.4, -0.2) is 42.8 Å². The molecule has 0 bridgehead atoms. The van der Waals surface area contributed by atoms with Crippen LogP contribution in [0.1, 0.15) is 38.2 Å². The molecular formula is C17H25NO2S. The summed E-state index contributed by atoms with van der Waals surface area (Å²) in [6, 6.07) is 8.10. The van der Waals surface area contributed by atoms with E-state index in [-0.39, 0.29) is 0 Å². The Labute approximate surface area is 133 Å². The van der Waals surface area contributed by atoms with Gasteiger partial charge in [0.15, 0.2) is 0 Å². The molecule has 0 amide bonds. The Morgan fingerprint density at radius 1 is 1.19 bits per heavy atom. The Balaban J connectivity index is 1.94. The summed E-state index contributed by atoms with van der Waals surface area (Å²) < 4.78 is 11.3. The van der Waals surface area contributed by atoms with Crippen LogP contribution in [0.15, 0.2) is 24.3 Å². The van der Waals surface area contributed by atoms with E-state index < -0.39 is 0 Å². The Bertz CT molecular complexity index is 444. The maximum atomic E-state index is 5.95. The van der Waals surface area contributed by atoms with Gasteiger partial charge in [-0.1, -0.05) is 50.5 Å². The molecular weight excluding hydrogens is 282 g/mol. The van der Waals surface area contributed by atoms with Crippen molar-refractivity contribution in [2.75, 3.05) is 32.9 Å². The first kappa shape index (κ1) is 16.2. The fourth-order valence-corrected chi connectivity index (χ4v) is 2.77. The number of hydrogen-bond donors (Lipinski definition) is 0. The van der Waals surface area contributed by atoms with Crippen LogP contribution >= 0.6 is 12.2 Å². The van der Waals surface area contributed by atoms with Gasteiger partial charge in [-0.05, 0) is 18.6 Å². The van der Waals surface area contributed by atoms with E-state index in [1.807, 2.05) is 18.2 Å². The second-order valence-electron chi connectivity index (χ2n) is 5.31. The molecule has 1 aliphatic heterocycles. The number of morpholine rings is 1. The van der Waals surface area contributed by atoms with Crippen LogP contribution in [0.4, 0.5) is 0 Å². The maximum Gasteiger partial charge on any atom is 0.129 e. The minimum absolute atomic E-state index is 0.750. The quantitative estimate of drug-likeness (QED) is 0.566. The van der Waals surface area contributed by atoms with Gasteiger partial charge in [-0.25, -0.2) is 0 Å². The molecule has 4 heteroatoms. The van der Waals surface area contributed by atoms with Crippen LogP contribution in [0.5, 0.6) is 5.75 Å². The van der Waals surface area contributed by atoms with Crippen molar-refractivity contribution in [1.29, 1.82) is 0 Å². The van der Waals surface area contributed by atoms with Crippen LogP contribution in [0, 0.1) is 0 Å². The maximum absolute atomic E-state index is 5.95. The number of para-hydroxylation sites is 1. The van der Waals surface area contributed by atoms with Crippen LogP contribution in [0.2, 0.25) is 0 Å². The second kappa shape index (κ2) is 9.00. The van der Waals surface area contributed by atoms with Crippen molar-refractivity contribution in [2.45, 2.75) is 32.6 Å². The Morgan fingerprint density at radius 3 is 2.71 bits per heavy atom. The molecule has 0 spiro atoms. The first-order chi connectivity index (χ1) is 10.3. The zero-order valence-corrected chi connectivity index (χ0v) is 13.7. The third-order valence-electron chi connectivity index (χ3n) is 3.67. The lowest BCUT2D eigenvalue weighted by atomic mass is 10.1. The number of hydrogen-bond acceptors (Lipinski definition) is 3. The smallest absolute Gasteiger partial charge is 0.129 e. The predicted octanol–water partition coefficient (Wildman–Crippen LogP) is 3.65. The highest BCUT2D eigenvalue weighted by molar-refractivity contribution is 7.80. The molecule has 0 radical (unpaired) electrons. The van der Waals surface area contributed by atoms with Crippen LogP contribution in [0.3, 0.4) is 0 Å². The summed E-state index contributed by atoms with van der Waals surface area (Å²) in [6.07, 6.45) is 4.86. The van der Waals surface area contributed by atoms with E-state index in [1.54, 1.807) is 0 Å². The largest absolute Gasteiger partial charge is 0.493 e. The van der Waals surface area contributed by atoms with Crippen molar-refractivity contribution < 1.29 is 9.47 Å². The lowest BCUT2D eigenvalue weighted by Gasteiger charge is -2.29. The summed E-state index contributed by atoms with van der Waals surface area (Å²) in [7, 11) is 0. The molecule has 1 aromatic carbocycles. The zero-order valence-electron chi connectivity index (χ0n) is 12.8. The third kappa shape index (κ3) is 4.97. The van der Waals surface area contributed by atoms with Crippen molar-refractivity contribution in [3.8, 4) is 5.75 Å². The van der Waals surface area contributed by atoms with Gasteiger partial charge in [-0.2, -0.15) is 0 Å². The van der Waals surface area contributed by atoms with Gasteiger partial charge in [-0.3, -0.25) is 0 Å². The molecule has 3 nitrogen and oxygen atoms in total. The van der Waals surface area contributed by atoms with Gasteiger partial charge in [0.1, 0.15) is 10.7 Å². The van der Waals surface area contributed by atoms with E-state index in [9.17, 15) is 0 Å². The summed E-state index contributed by atoms with van der Waals surface area (Å²) >= 11 is 5.64. The SMILES string of the molecule is CCCCCCOc1ccccc1C(=S)N1CCOCC1. The second-order valence-corrected chi connectivity index (χ2v) is 5.70. The Morgan fingerprint density at radius 2 is 1.95 bits per heavy atom. The molecule has 1 aromatic rings. The van der Waals surface area contributed by atoms with Crippen LogP contribution < -0.4 is 4.74 Å². The molecule has 0 atom stereocenters. The van der Waals surface area contributed by atoms with Gasteiger partial charge < -0.3 is 14.4 Å². The van der Waals surface area contributed by atoms with E-state index in [2.05, 4.69) is 17.9 Å². The Hall–Kier alpha value is -1.13. The summed E-state index contributed by atoms with van der Waals surface area (Å²) in [5, 5.41) is 0. The van der Waals surface area contributed by atoms with Gasteiger partial charge in [0, 0.05) is 13.1 Å². The molecule has 0 unspecified atom stereocenters. The molecule has 21 heavy (non-hydrogen) atoms. The van der Waals surface area contributed by atoms with Gasteiger partial charge in [0.2, 0.25) is 0 Å². The van der Waals surface area contributed by atoms with Crippen LogP contribution in [0.25, 0.3) is 0 Å². The summed E-state index contributed by atoms with van der Waals surface area (Å²) in [6.45, 7) is 6.22. The van der Waals surface area contributed by atoms with Gasteiger partial charge >= 0.3 is 0 Å². The highest BCUT2D eigenvalue weighted by Crippen LogP contribution is 2.21. The van der Waals surface area contributed by atoms with Gasteiger partial charge in [0.05, 0.1) is 25.4 Å². The number of thiocarbonyl (C=S) groups is 1. The molecule has 1 saturated heterocycles. The van der Waals surface area contributed by atoms with Gasteiger partial charge in [-0.15, -0.1) is 0 Å². The first-order valence-corrected chi connectivity index (χ1v) is 8.32. The number of benzene rings is 1. The molecule has 0 N–H and O–H groups in total. The molecule has 1 heterocycles. The normalized spacial score (nSPS) is 15.0. The molecule has 116 valence electrons. The summed E-state index contributed by atoms with van der Waals surface area (Å²) in [5.41, 5.74) is 1.03. The van der Waals surface area contributed by atoms with Crippen molar-refractivity contribution in [2.24, 2.45) is 0 Å². The zero-order chi connectivity index (χ0) is 14.9.